The number of primary sulfonamides is 1. The van der Waals surface area contributed by atoms with Crippen molar-refractivity contribution in [3.63, 3.8) is 0 Å². The molecule has 2 saturated carbocycles. The van der Waals surface area contributed by atoms with Crippen LogP contribution in [-0.4, -0.2) is 28.0 Å². The molecule has 0 saturated heterocycles. The average Bonchev–Trinajstić information content (AvgIpc) is 3.55. The highest BCUT2D eigenvalue weighted by Gasteiger charge is 2.40. The zero-order valence-corrected chi connectivity index (χ0v) is 19.8. The van der Waals surface area contributed by atoms with Gasteiger partial charge in [0, 0.05) is 10.7 Å². The van der Waals surface area contributed by atoms with Gasteiger partial charge in [0.15, 0.2) is 0 Å². The summed E-state index contributed by atoms with van der Waals surface area (Å²) in [6, 6.07) is 12.3. The molecule has 2 aliphatic rings. The molecule has 0 aromatic heterocycles. The van der Waals surface area contributed by atoms with Gasteiger partial charge in [0.2, 0.25) is 10.0 Å². The number of rotatable bonds is 6. The van der Waals surface area contributed by atoms with E-state index in [2.05, 4.69) is 0 Å². The predicted octanol–water partition coefficient (Wildman–Crippen LogP) is 3.97. The molecule has 0 spiro atoms. The van der Waals surface area contributed by atoms with Crippen molar-refractivity contribution < 1.29 is 26.3 Å². The summed E-state index contributed by atoms with van der Waals surface area (Å²) in [6.45, 7) is 4.06. The van der Waals surface area contributed by atoms with Crippen molar-refractivity contribution in [3.8, 4) is 11.5 Å². The Morgan fingerprint density at radius 1 is 0.742 bits per heavy atom. The molecule has 0 bridgehead atoms. The minimum Gasteiger partial charge on any atom is -0.488 e. The molecule has 172 valence electrons. The van der Waals surface area contributed by atoms with Crippen LogP contribution in [0.25, 0.3) is 0 Å². The van der Waals surface area contributed by atoms with Gasteiger partial charge in [-0.1, -0.05) is 0 Å². The lowest BCUT2D eigenvalue weighted by Gasteiger charge is -2.12. The molecule has 5 N–H and O–H groups in total. The largest absolute Gasteiger partial charge is 0.488 e. The van der Waals surface area contributed by atoms with Crippen LogP contribution in [0.2, 0.25) is 0 Å². The van der Waals surface area contributed by atoms with Crippen molar-refractivity contribution in [1.82, 2.24) is 6.15 Å². The molecular formula is C20H27ClN2O6S2. The average molecular weight is 491 g/mol. The van der Waals surface area contributed by atoms with E-state index in [0.717, 1.165) is 25.7 Å². The first-order chi connectivity index (χ1) is 13.8. The Morgan fingerprint density at radius 3 is 1.32 bits per heavy atom. The molecular weight excluding hydrogens is 464 g/mol. The highest BCUT2D eigenvalue weighted by Crippen LogP contribution is 2.40. The third kappa shape index (κ3) is 7.65. The Kier molecular flexibility index (Phi) is 7.34. The number of hydrogen-bond acceptors (Lipinski definition) is 7. The Hall–Kier alpha value is -1.85. The molecule has 0 heterocycles. The molecule has 2 fully saturated rings. The summed E-state index contributed by atoms with van der Waals surface area (Å²) in [7, 11) is -2.05. The van der Waals surface area contributed by atoms with Crippen LogP contribution in [0.15, 0.2) is 58.3 Å². The summed E-state index contributed by atoms with van der Waals surface area (Å²) in [5.74, 6) is 1.36. The van der Waals surface area contributed by atoms with E-state index in [0.29, 0.717) is 11.5 Å². The SMILES string of the molecule is CC1(Oc2ccc(S(=O)(=O)Cl)cc2)CC1.CC1(Oc2ccc(S(N)(=O)=O)cc2)CC1.N. The summed E-state index contributed by atoms with van der Waals surface area (Å²) in [5.41, 5.74) is -0.107. The minimum absolute atomic E-state index is 0. The molecule has 11 heteroatoms. The molecule has 0 aliphatic heterocycles. The second kappa shape index (κ2) is 8.95. The zero-order chi connectivity index (χ0) is 22.2. The molecule has 4 rings (SSSR count). The second-order valence-electron chi connectivity index (χ2n) is 8.03. The van der Waals surface area contributed by atoms with Crippen LogP contribution in [0.4, 0.5) is 0 Å². The Labute approximate surface area is 187 Å². The van der Waals surface area contributed by atoms with Crippen molar-refractivity contribution in [1.29, 1.82) is 0 Å². The number of nitrogens with two attached hydrogens (primary N) is 1. The van der Waals surface area contributed by atoms with Gasteiger partial charge in [-0.05, 0) is 88.1 Å². The van der Waals surface area contributed by atoms with Crippen LogP contribution in [0.3, 0.4) is 0 Å². The van der Waals surface area contributed by atoms with E-state index in [4.69, 9.17) is 25.3 Å². The van der Waals surface area contributed by atoms with E-state index in [9.17, 15) is 16.8 Å². The van der Waals surface area contributed by atoms with Gasteiger partial charge in [-0.2, -0.15) is 0 Å². The van der Waals surface area contributed by atoms with Gasteiger partial charge in [0.1, 0.15) is 22.7 Å². The maximum atomic E-state index is 11.0. The monoisotopic (exact) mass is 490 g/mol. The van der Waals surface area contributed by atoms with E-state index in [1.54, 1.807) is 24.3 Å². The molecule has 0 radical (unpaired) electrons. The van der Waals surface area contributed by atoms with E-state index in [1.165, 1.54) is 24.3 Å². The second-order valence-corrected chi connectivity index (χ2v) is 12.2. The van der Waals surface area contributed by atoms with Gasteiger partial charge < -0.3 is 15.6 Å². The number of sulfonamides is 1. The fraction of sp³-hybridized carbons (Fsp3) is 0.400. The quantitative estimate of drug-likeness (QED) is 0.581. The van der Waals surface area contributed by atoms with Crippen LogP contribution in [-0.2, 0) is 19.1 Å². The lowest BCUT2D eigenvalue weighted by atomic mass is 10.3. The maximum absolute atomic E-state index is 11.0. The van der Waals surface area contributed by atoms with E-state index < -0.39 is 19.1 Å². The van der Waals surface area contributed by atoms with Crippen LogP contribution >= 0.6 is 10.7 Å². The first-order valence-electron chi connectivity index (χ1n) is 9.34. The molecule has 2 aromatic carbocycles. The lowest BCUT2D eigenvalue weighted by molar-refractivity contribution is 0.200. The molecule has 0 amide bonds. The standard InChI is InChI=1S/C10H11ClO3S.C10H13NO3S.H3N/c2*1-10(6-7-10)14-8-2-4-9(5-3-8)15(11,12)13;/h2-5H,6-7H2,1H3;2-5H,6-7H2,1H3,(H2,11,12,13);1H3. The normalized spacial score (nSPS) is 17.9. The van der Waals surface area contributed by atoms with Gasteiger partial charge >= 0.3 is 0 Å². The fourth-order valence-corrected chi connectivity index (χ4v) is 3.78. The number of benzene rings is 2. The van der Waals surface area contributed by atoms with Crippen molar-refractivity contribution in [2.75, 3.05) is 0 Å². The minimum atomic E-state index is -3.63. The van der Waals surface area contributed by atoms with E-state index in [1.807, 2.05) is 13.8 Å². The lowest BCUT2D eigenvalue weighted by Crippen LogP contribution is -2.13. The first kappa shape index (κ1) is 25.4. The Balaban J connectivity index is 0.000000213. The Morgan fingerprint density at radius 2 is 1.06 bits per heavy atom. The smallest absolute Gasteiger partial charge is 0.261 e. The molecule has 2 aromatic rings. The molecule has 2 aliphatic carbocycles. The topological polar surface area (TPSA) is 148 Å². The summed E-state index contributed by atoms with van der Waals surface area (Å²) in [6.07, 6.45) is 4.18. The van der Waals surface area contributed by atoms with Gasteiger partial charge in [0.05, 0.1) is 9.79 Å². The van der Waals surface area contributed by atoms with Crippen LogP contribution in [0.1, 0.15) is 39.5 Å². The van der Waals surface area contributed by atoms with Crippen molar-refractivity contribution in [2.24, 2.45) is 5.14 Å². The predicted molar refractivity (Wildman–Crippen MR) is 119 cm³/mol. The van der Waals surface area contributed by atoms with Crippen molar-refractivity contribution in [3.05, 3.63) is 48.5 Å². The summed E-state index contributed by atoms with van der Waals surface area (Å²) < 4.78 is 55.2. The summed E-state index contributed by atoms with van der Waals surface area (Å²) >= 11 is 0. The Bertz CT molecular complexity index is 1020. The van der Waals surface area contributed by atoms with Gasteiger partial charge in [-0.15, -0.1) is 0 Å². The van der Waals surface area contributed by atoms with Crippen LogP contribution < -0.4 is 20.8 Å². The maximum Gasteiger partial charge on any atom is 0.261 e. The van der Waals surface area contributed by atoms with Gasteiger partial charge in [0.25, 0.3) is 9.05 Å². The highest BCUT2D eigenvalue weighted by molar-refractivity contribution is 8.13. The summed E-state index contributed by atoms with van der Waals surface area (Å²) in [4.78, 5) is 0.202. The van der Waals surface area contributed by atoms with Gasteiger partial charge in [-0.25, -0.2) is 22.0 Å². The van der Waals surface area contributed by atoms with Crippen LogP contribution in [0.5, 0.6) is 11.5 Å². The zero-order valence-electron chi connectivity index (χ0n) is 17.4. The molecule has 0 atom stereocenters. The first-order valence-corrected chi connectivity index (χ1v) is 13.2. The molecule has 0 unspecified atom stereocenters. The number of hydrogen-bond donors (Lipinski definition) is 2. The molecule has 8 nitrogen and oxygen atoms in total. The fourth-order valence-electron chi connectivity index (χ4n) is 2.49. The third-order valence-corrected chi connectivity index (χ3v) is 7.19. The highest BCUT2D eigenvalue weighted by atomic mass is 35.7. The van der Waals surface area contributed by atoms with Crippen molar-refractivity contribution in [2.45, 2.75) is 60.5 Å². The number of ether oxygens (including phenoxy) is 2. The number of halogens is 1. The van der Waals surface area contributed by atoms with Crippen molar-refractivity contribution >= 4 is 29.8 Å². The summed E-state index contributed by atoms with van der Waals surface area (Å²) in [5, 5.41) is 4.98. The third-order valence-electron chi connectivity index (χ3n) is 4.89. The van der Waals surface area contributed by atoms with E-state index in [-0.39, 0.29) is 27.1 Å². The van der Waals surface area contributed by atoms with Crippen LogP contribution in [0, 0.1) is 0 Å². The molecule has 31 heavy (non-hydrogen) atoms. The van der Waals surface area contributed by atoms with Gasteiger partial charge in [-0.3, -0.25) is 0 Å². The van der Waals surface area contributed by atoms with E-state index >= 15 is 0 Å².